The van der Waals surface area contributed by atoms with Crippen molar-refractivity contribution < 1.29 is 49.3 Å². The first-order chi connectivity index (χ1) is 12.2. The van der Waals surface area contributed by atoms with E-state index in [1.165, 1.54) is 14.2 Å². The van der Waals surface area contributed by atoms with Crippen LogP contribution in [0, 0.1) is 11.8 Å². The Balaban J connectivity index is 2.18. The number of hydrogen-bond acceptors (Lipinski definition) is 8. The van der Waals surface area contributed by atoms with Crippen LogP contribution < -0.4 is 0 Å². The minimum atomic E-state index is -1.55. The number of rotatable bonds is 6. The highest BCUT2D eigenvalue weighted by Crippen LogP contribution is 2.35. The summed E-state index contributed by atoms with van der Waals surface area (Å²) in [6.07, 6.45) is -8.05. The molecule has 0 spiro atoms. The van der Waals surface area contributed by atoms with Gasteiger partial charge in [-0.1, -0.05) is 0 Å². The number of hydrogen-bond donors (Lipinski definition) is 5. The fraction of sp³-hybridized carbons (Fsp3) is 0.875. The Kier molecular flexibility index (Phi) is 6.94. The highest BCUT2D eigenvalue weighted by atomic mass is 16.5. The summed E-state index contributed by atoms with van der Waals surface area (Å²) < 4.78 is 15.8. The van der Waals surface area contributed by atoms with E-state index in [2.05, 4.69) is 0 Å². The summed E-state index contributed by atoms with van der Waals surface area (Å²) in [5, 5.41) is 49.4. The molecule has 0 aromatic heterocycles. The molecule has 0 aromatic rings. The fourth-order valence-corrected chi connectivity index (χ4v) is 3.81. The number of ether oxygens (including phenoxy) is 3. The van der Waals surface area contributed by atoms with Crippen molar-refractivity contribution >= 4 is 11.9 Å². The van der Waals surface area contributed by atoms with Gasteiger partial charge in [-0.25, -0.2) is 0 Å². The maximum Gasteiger partial charge on any atom is 0.309 e. The zero-order valence-electron chi connectivity index (χ0n) is 14.6. The molecule has 0 radical (unpaired) electrons. The molecule has 0 heterocycles. The van der Waals surface area contributed by atoms with Gasteiger partial charge in [0.05, 0.1) is 42.4 Å². The van der Waals surface area contributed by atoms with Gasteiger partial charge in [0.1, 0.15) is 12.2 Å². The summed E-state index contributed by atoms with van der Waals surface area (Å²) in [4.78, 5) is 23.0. The van der Waals surface area contributed by atoms with Gasteiger partial charge in [-0.15, -0.1) is 0 Å². The molecule has 2 aliphatic rings. The third-order valence-electron chi connectivity index (χ3n) is 5.36. The van der Waals surface area contributed by atoms with Crippen LogP contribution >= 0.6 is 0 Å². The number of carbonyl (C=O) groups is 2. The highest BCUT2D eigenvalue weighted by Gasteiger charge is 2.50. The fourth-order valence-electron chi connectivity index (χ4n) is 3.81. The first-order valence-corrected chi connectivity index (χ1v) is 8.42. The average Bonchev–Trinajstić information content (AvgIpc) is 2.59. The van der Waals surface area contributed by atoms with Gasteiger partial charge in [-0.05, 0) is 12.8 Å². The summed E-state index contributed by atoms with van der Waals surface area (Å²) in [6.45, 7) is 0. The van der Waals surface area contributed by atoms with Gasteiger partial charge in [-0.2, -0.15) is 0 Å². The number of aliphatic hydroxyl groups is 3. The van der Waals surface area contributed by atoms with Crippen LogP contribution in [-0.2, 0) is 23.8 Å². The quantitative estimate of drug-likeness (QED) is 0.366. The van der Waals surface area contributed by atoms with E-state index in [4.69, 9.17) is 14.2 Å². The van der Waals surface area contributed by atoms with Crippen molar-refractivity contribution in [3.05, 3.63) is 0 Å². The normalized spacial score (nSPS) is 43.8. The molecule has 9 atom stereocenters. The largest absolute Gasteiger partial charge is 0.481 e. The van der Waals surface area contributed by atoms with Crippen molar-refractivity contribution in [2.75, 3.05) is 14.2 Å². The van der Waals surface area contributed by atoms with E-state index >= 15 is 0 Å². The van der Waals surface area contributed by atoms with Crippen LogP contribution in [0.15, 0.2) is 0 Å². The number of carboxylic acid groups (broad SMARTS) is 2. The second-order valence-corrected chi connectivity index (χ2v) is 6.83. The molecular weight excluding hydrogens is 352 g/mol. The van der Waals surface area contributed by atoms with Crippen LogP contribution in [0.4, 0.5) is 0 Å². The van der Waals surface area contributed by atoms with Crippen LogP contribution in [-0.4, -0.2) is 94.4 Å². The zero-order chi connectivity index (χ0) is 19.6. The van der Waals surface area contributed by atoms with Crippen molar-refractivity contribution in [1.82, 2.24) is 0 Å². The van der Waals surface area contributed by atoms with Crippen molar-refractivity contribution in [2.24, 2.45) is 11.8 Å². The minimum Gasteiger partial charge on any atom is -0.481 e. The monoisotopic (exact) mass is 378 g/mol. The minimum absolute atomic E-state index is 0.00192. The molecule has 26 heavy (non-hydrogen) atoms. The van der Waals surface area contributed by atoms with Crippen molar-refractivity contribution in [3.63, 3.8) is 0 Å². The average molecular weight is 378 g/mol. The van der Waals surface area contributed by atoms with Crippen LogP contribution in [0.25, 0.3) is 0 Å². The second kappa shape index (κ2) is 8.59. The van der Waals surface area contributed by atoms with Gasteiger partial charge >= 0.3 is 11.9 Å². The third kappa shape index (κ3) is 4.16. The third-order valence-corrected chi connectivity index (χ3v) is 5.36. The van der Waals surface area contributed by atoms with Crippen molar-refractivity contribution in [3.8, 4) is 0 Å². The van der Waals surface area contributed by atoms with Gasteiger partial charge in [0.2, 0.25) is 0 Å². The van der Waals surface area contributed by atoms with Crippen molar-refractivity contribution in [2.45, 2.75) is 62.0 Å². The van der Waals surface area contributed by atoms with E-state index < -0.39 is 66.5 Å². The molecule has 0 saturated heterocycles. The van der Waals surface area contributed by atoms with Gasteiger partial charge in [0.25, 0.3) is 0 Å². The number of carboxylic acids is 2. The summed E-state index contributed by atoms with van der Waals surface area (Å²) >= 11 is 0. The Morgan fingerprint density at radius 1 is 0.769 bits per heavy atom. The van der Waals surface area contributed by atoms with E-state index in [0.717, 1.165) is 0 Å². The Morgan fingerprint density at radius 2 is 1.31 bits per heavy atom. The predicted octanol–water partition coefficient (Wildman–Crippen LogP) is -1.55. The topological polar surface area (TPSA) is 163 Å². The van der Waals surface area contributed by atoms with Gasteiger partial charge in [-0.3, -0.25) is 9.59 Å². The summed E-state index contributed by atoms with van der Waals surface area (Å²) in [5.41, 5.74) is 0. The molecule has 2 rings (SSSR count). The van der Waals surface area contributed by atoms with Gasteiger partial charge in [0, 0.05) is 20.6 Å². The smallest absolute Gasteiger partial charge is 0.309 e. The molecule has 0 aromatic carbocycles. The predicted molar refractivity (Wildman–Crippen MR) is 84.4 cm³/mol. The first kappa shape index (κ1) is 21.0. The molecule has 0 bridgehead atoms. The molecule has 5 N–H and O–H groups in total. The second-order valence-electron chi connectivity index (χ2n) is 6.83. The summed E-state index contributed by atoms with van der Waals surface area (Å²) in [7, 11) is 2.65. The molecule has 150 valence electrons. The molecule has 0 amide bonds. The Hall–Kier alpha value is -1.30. The van der Waals surface area contributed by atoms with Gasteiger partial charge in [0.15, 0.2) is 0 Å². The van der Waals surface area contributed by atoms with Crippen molar-refractivity contribution in [1.29, 1.82) is 0 Å². The van der Waals surface area contributed by atoms with Crippen LogP contribution in [0.3, 0.4) is 0 Å². The maximum absolute atomic E-state index is 11.6. The van der Waals surface area contributed by atoms with Gasteiger partial charge < -0.3 is 39.7 Å². The summed E-state index contributed by atoms with van der Waals surface area (Å²) in [6, 6.07) is 0. The van der Waals surface area contributed by atoms with E-state index in [1.807, 2.05) is 0 Å². The lowest BCUT2D eigenvalue weighted by Crippen LogP contribution is -2.59. The zero-order valence-corrected chi connectivity index (χ0v) is 14.6. The molecule has 10 heteroatoms. The molecule has 2 aliphatic carbocycles. The standard InChI is InChI=1S/C16H26O10/c1-24-9-5-8(17)10(3-6(9)15(20)21)26-14-7(16(22)23)4-11(25-2)12(18)13(14)19/h6-14,17-19H,3-5H2,1-2H3,(H,20,21)(H,22,23)/t6?,7?,8-,9+,10-,11-,12+,13?,14-/m1/s1. The number of aliphatic carboxylic acids is 2. The van der Waals surface area contributed by atoms with E-state index in [1.54, 1.807) is 0 Å². The van der Waals surface area contributed by atoms with Crippen LogP contribution in [0.5, 0.6) is 0 Å². The Labute approximate surface area is 150 Å². The van der Waals surface area contributed by atoms with Crippen LogP contribution in [0.1, 0.15) is 19.3 Å². The van der Waals surface area contributed by atoms with E-state index in [0.29, 0.717) is 0 Å². The molecular formula is C16H26O10. The SMILES string of the molecule is CO[C@H]1C[C@@H](O)[C@H](O[C@@H]2C(C(=O)O)C[C@@H](OC)[C@H](O)C2O)CC1C(=O)O. The number of methoxy groups -OCH3 is 2. The summed E-state index contributed by atoms with van der Waals surface area (Å²) in [5.74, 6) is -4.46. The molecule has 3 unspecified atom stereocenters. The first-order valence-electron chi connectivity index (χ1n) is 8.42. The lowest BCUT2D eigenvalue weighted by molar-refractivity contribution is -0.223. The molecule has 10 nitrogen and oxygen atoms in total. The molecule has 2 fully saturated rings. The van der Waals surface area contributed by atoms with E-state index in [-0.39, 0.29) is 19.3 Å². The Bertz CT molecular complexity index is 511. The Morgan fingerprint density at radius 3 is 1.81 bits per heavy atom. The lowest BCUT2D eigenvalue weighted by Gasteiger charge is -2.44. The number of aliphatic hydroxyl groups excluding tert-OH is 3. The van der Waals surface area contributed by atoms with Crippen LogP contribution in [0.2, 0.25) is 0 Å². The maximum atomic E-state index is 11.6. The highest BCUT2D eigenvalue weighted by molar-refractivity contribution is 5.71. The molecule has 2 saturated carbocycles. The molecule has 0 aliphatic heterocycles. The lowest BCUT2D eigenvalue weighted by atomic mass is 9.79. The van der Waals surface area contributed by atoms with E-state index in [9.17, 15) is 35.1 Å².